The summed E-state index contributed by atoms with van der Waals surface area (Å²) in [6, 6.07) is 21.1. The normalized spacial score (nSPS) is 13.5. The van der Waals surface area contributed by atoms with Gasteiger partial charge in [0, 0.05) is 6.61 Å². The van der Waals surface area contributed by atoms with Gasteiger partial charge in [0.15, 0.2) is 0 Å². The minimum atomic E-state index is -2.47. The first-order chi connectivity index (χ1) is 11.4. The average Bonchev–Trinajstić information content (AvgIpc) is 2.59. The fourth-order valence-electron chi connectivity index (χ4n) is 3.21. The molecule has 0 heterocycles. The fraction of sp³-hybridized carbons (Fsp3) is 0.333. The number of aliphatic hydroxyl groups is 1. The van der Waals surface area contributed by atoms with Gasteiger partial charge in [-0.1, -0.05) is 87.5 Å². The van der Waals surface area contributed by atoms with E-state index in [1.54, 1.807) is 6.08 Å². The molecule has 2 rings (SSSR count). The third kappa shape index (κ3) is 3.86. The summed E-state index contributed by atoms with van der Waals surface area (Å²) in [6.07, 6.45) is 1.60. The maximum atomic E-state index is 9.82. The molecule has 3 heteroatoms. The number of hydrogen-bond acceptors (Lipinski definition) is 2. The number of aliphatic hydroxyl groups excluding tert-OH is 1. The molecule has 0 aliphatic rings. The van der Waals surface area contributed by atoms with Crippen LogP contribution in [0.1, 0.15) is 27.2 Å². The third-order valence-corrected chi connectivity index (χ3v) is 9.46. The molecule has 0 radical (unpaired) electrons. The second kappa shape index (κ2) is 7.93. The minimum absolute atomic E-state index is 0.0329. The lowest BCUT2D eigenvalue weighted by Crippen LogP contribution is -2.66. The van der Waals surface area contributed by atoms with Crippen molar-refractivity contribution in [2.45, 2.75) is 38.3 Å². The molecule has 0 unspecified atom stereocenters. The Morgan fingerprint density at radius 1 is 1.00 bits per heavy atom. The van der Waals surface area contributed by atoms with Gasteiger partial charge < -0.3 is 9.53 Å². The average molecular weight is 341 g/mol. The zero-order valence-electron chi connectivity index (χ0n) is 14.9. The first kappa shape index (κ1) is 18.7. The predicted octanol–water partition coefficient (Wildman–Crippen LogP) is 3.50. The number of rotatable bonds is 7. The molecule has 0 amide bonds. The molecule has 24 heavy (non-hydrogen) atoms. The lowest BCUT2D eigenvalue weighted by atomic mass is 10.2. The number of benzene rings is 2. The van der Waals surface area contributed by atoms with E-state index in [0.29, 0.717) is 13.0 Å². The van der Waals surface area contributed by atoms with Gasteiger partial charge in [-0.05, 0) is 21.8 Å². The highest BCUT2D eigenvalue weighted by Gasteiger charge is 2.49. The van der Waals surface area contributed by atoms with E-state index in [-0.39, 0.29) is 5.04 Å². The molecule has 0 aromatic heterocycles. The molecule has 1 atom stereocenters. The van der Waals surface area contributed by atoms with Crippen molar-refractivity contribution in [2.75, 3.05) is 6.61 Å². The lowest BCUT2D eigenvalue weighted by molar-refractivity contribution is 0.174. The van der Waals surface area contributed by atoms with E-state index in [1.807, 2.05) is 12.1 Å². The summed E-state index contributed by atoms with van der Waals surface area (Å²) >= 11 is 0. The van der Waals surface area contributed by atoms with Gasteiger partial charge in [-0.2, -0.15) is 0 Å². The van der Waals surface area contributed by atoms with Crippen molar-refractivity contribution in [3.8, 4) is 0 Å². The Labute approximate surface area is 146 Å². The molecule has 1 N–H and O–H groups in total. The van der Waals surface area contributed by atoms with Gasteiger partial charge in [0.2, 0.25) is 0 Å². The molecule has 2 aromatic carbocycles. The molecule has 0 spiro atoms. The zero-order chi connectivity index (χ0) is 17.6. The van der Waals surface area contributed by atoms with Crippen molar-refractivity contribution in [2.24, 2.45) is 0 Å². The third-order valence-electron chi connectivity index (χ3n) is 4.42. The Kier molecular flexibility index (Phi) is 6.16. The van der Waals surface area contributed by atoms with Crippen molar-refractivity contribution >= 4 is 18.7 Å². The van der Waals surface area contributed by atoms with Gasteiger partial charge in [-0.15, -0.1) is 6.58 Å². The lowest BCUT2D eigenvalue weighted by Gasteiger charge is -2.43. The maximum absolute atomic E-state index is 9.82. The van der Waals surface area contributed by atoms with Crippen LogP contribution in [-0.4, -0.2) is 26.1 Å². The second-order valence-electron chi connectivity index (χ2n) is 7.10. The van der Waals surface area contributed by atoms with Gasteiger partial charge in [-0.3, -0.25) is 0 Å². The van der Waals surface area contributed by atoms with Crippen LogP contribution in [0.15, 0.2) is 73.3 Å². The minimum Gasteiger partial charge on any atom is -0.407 e. The molecule has 0 aliphatic heterocycles. The monoisotopic (exact) mass is 340 g/mol. The van der Waals surface area contributed by atoms with Crippen molar-refractivity contribution < 1.29 is 9.53 Å². The summed E-state index contributed by atoms with van der Waals surface area (Å²) in [6.45, 7) is 10.9. The first-order valence-electron chi connectivity index (χ1n) is 8.47. The zero-order valence-corrected chi connectivity index (χ0v) is 15.9. The molecular weight excluding hydrogens is 312 g/mol. The summed E-state index contributed by atoms with van der Waals surface area (Å²) in [5.74, 6) is 0. The standard InChI is InChI=1S/C21H28O2Si/c1-5-18(22)16-17-23-24(21(2,3)4,19-12-8-6-9-13-19)20-14-10-7-11-15-20/h5-15,18,22H,1,16-17H2,2-4H3/t18-/m0/s1. The fourth-order valence-corrected chi connectivity index (χ4v) is 7.79. The van der Waals surface area contributed by atoms with E-state index in [2.05, 4.69) is 75.9 Å². The SMILES string of the molecule is C=C[C@H](O)CCO[Si](c1ccccc1)(c1ccccc1)C(C)(C)C. The van der Waals surface area contributed by atoms with E-state index in [9.17, 15) is 5.11 Å². The molecule has 0 aliphatic carbocycles. The molecule has 128 valence electrons. The van der Waals surface area contributed by atoms with E-state index < -0.39 is 14.4 Å². The van der Waals surface area contributed by atoms with Crippen molar-refractivity contribution in [1.82, 2.24) is 0 Å². The van der Waals surface area contributed by atoms with Crippen LogP contribution in [0, 0.1) is 0 Å². The van der Waals surface area contributed by atoms with Crippen LogP contribution < -0.4 is 10.4 Å². The molecule has 0 saturated carbocycles. The van der Waals surface area contributed by atoms with Gasteiger partial charge >= 0.3 is 0 Å². The highest BCUT2D eigenvalue weighted by atomic mass is 28.4. The molecular formula is C21H28O2Si. The van der Waals surface area contributed by atoms with Crippen LogP contribution in [0.4, 0.5) is 0 Å². The molecule has 0 fully saturated rings. The summed E-state index contributed by atoms with van der Waals surface area (Å²) in [4.78, 5) is 0. The van der Waals surface area contributed by atoms with Gasteiger partial charge in [0.05, 0.1) is 6.10 Å². The van der Waals surface area contributed by atoms with Crippen LogP contribution >= 0.6 is 0 Å². The quantitative estimate of drug-likeness (QED) is 0.617. The van der Waals surface area contributed by atoms with E-state index in [0.717, 1.165) is 0 Å². The van der Waals surface area contributed by atoms with Crippen LogP contribution in [0.3, 0.4) is 0 Å². The van der Waals surface area contributed by atoms with E-state index >= 15 is 0 Å². The topological polar surface area (TPSA) is 29.5 Å². The Morgan fingerprint density at radius 2 is 1.46 bits per heavy atom. The van der Waals surface area contributed by atoms with Gasteiger partial charge in [0.1, 0.15) is 0 Å². The highest BCUT2D eigenvalue weighted by molar-refractivity contribution is 6.99. The van der Waals surface area contributed by atoms with Crippen molar-refractivity contribution in [3.05, 3.63) is 73.3 Å². The van der Waals surface area contributed by atoms with Crippen LogP contribution in [0.2, 0.25) is 5.04 Å². The Hall–Kier alpha value is -1.68. The van der Waals surface area contributed by atoms with E-state index in [1.165, 1.54) is 10.4 Å². The highest BCUT2D eigenvalue weighted by Crippen LogP contribution is 2.36. The maximum Gasteiger partial charge on any atom is 0.261 e. The smallest absolute Gasteiger partial charge is 0.261 e. The van der Waals surface area contributed by atoms with Crippen LogP contribution in [0.25, 0.3) is 0 Å². The predicted molar refractivity (Wildman–Crippen MR) is 104 cm³/mol. The van der Waals surface area contributed by atoms with E-state index in [4.69, 9.17) is 4.43 Å². The first-order valence-corrected chi connectivity index (χ1v) is 10.4. The number of hydrogen-bond donors (Lipinski definition) is 1. The van der Waals surface area contributed by atoms with Gasteiger partial charge in [-0.25, -0.2) is 0 Å². The van der Waals surface area contributed by atoms with Crippen molar-refractivity contribution in [1.29, 1.82) is 0 Å². The van der Waals surface area contributed by atoms with Crippen molar-refractivity contribution in [3.63, 3.8) is 0 Å². The molecule has 0 bridgehead atoms. The Balaban J connectivity index is 2.51. The summed E-state index contributed by atoms with van der Waals surface area (Å²) < 4.78 is 6.67. The Bertz CT molecular complexity index is 592. The van der Waals surface area contributed by atoms with Crippen LogP contribution in [0.5, 0.6) is 0 Å². The second-order valence-corrected chi connectivity index (χ2v) is 11.4. The van der Waals surface area contributed by atoms with Crippen LogP contribution in [-0.2, 0) is 4.43 Å². The Morgan fingerprint density at radius 3 is 1.83 bits per heavy atom. The van der Waals surface area contributed by atoms with Gasteiger partial charge in [0.25, 0.3) is 8.32 Å². The summed E-state index contributed by atoms with van der Waals surface area (Å²) in [7, 11) is -2.47. The largest absolute Gasteiger partial charge is 0.407 e. The summed E-state index contributed by atoms with van der Waals surface area (Å²) in [5, 5.41) is 12.3. The molecule has 2 nitrogen and oxygen atoms in total. The molecule has 2 aromatic rings. The molecule has 0 saturated heterocycles. The summed E-state index contributed by atoms with van der Waals surface area (Å²) in [5.41, 5.74) is 0.